The first kappa shape index (κ1) is 16.1. The summed E-state index contributed by atoms with van der Waals surface area (Å²) in [6.07, 6.45) is 0.651. The van der Waals surface area contributed by atoms with E-state index >= 15 is 0 Å². The Hall–Kier alpha value is -0.920. The van der Waals surface area contributed by atoms with Crippen molar-refractivity contribution in [2.24, 2.45) is 0 Å². The molecule has 0 aliphatic rings. The Bertz CT molecular complexity index is 598. The third kappa shape index (κ3) is 3.77. The number of hydrogen-bond donors (Lipinski definition) is 2. The summed E-state index contributed by atoms with van der Waals surface area (Å²) in [6.45, 7) is 5.24. The number of benzene rings is 1. The molecule has 0 radical (unpaired) electrons. The van der Waals surface area contributed by atoms with Gasteiger partial charge in [-0.2, -0.15) is 0 Å². The topological polar surface area (TPSA) is 83.5 Å². The highest BCUT2D eigenvalue weighted by Gasteiger charge is 2.22. The van der Waals surface area contributed by atoms with Crippen LogP contribution in [0.25, 0.3) is 0 Å². The van der Waals surface area contributed by atoms with Crippen LogP contribution in [0.2, 0.25) is 0 Å². The van der Waals surface area contributed by atoms with Crippen LogP contribution < -0.4 is 4.72 Å². The number of rotatable bonds is 5. The van der Waals surface area contributed by atoms with Crippen LogP contribution in [0.1, 0.15) is 36.2 Å². The van der Waals surface area contributed by atoms with E-state index in [2.05, 4.69) is 20.7 Å². The van der Waals surface area contributed by atoms with Crippen molar-refractivity contribution in [3.8, 4) is 0 Å². The van der Waals surface area contributed by atoms with E-state index in [1.54, 1.807) is 13.8 Å². The molecule has 5 nitrogen and oxygen atoms in total. The van der Waals surface area contributed by atoms with Gasteiger partial charge in [0.05, 0.1) is 10.5 Å². The molecule has 19 heavy (non-hydrogen) atoms. The predicted molar refractivity (Wildman–Crippen MR) is 75.9 cm³/mol. The van der Waals surface area contributed by atoms with Gasteiger partial charge in [-0.3, -0.25) is 0 Å². The Balaban J connectivity index is 3.37. The van der Waals surface area contributed by atoms with E-state index in [0.717, 1.165) is 0 Å². The molecule has 1 aromatic carbocycles. The van der Waals surface area contributed by atoms with Gasteiger partial charge in [-0.1, -0.05) is 22.9 Å². The molecule has 0 aliphatic carbocycles. The Morgan fingerprint density at radius 1 is 1.47 bits per heavy atom. The molecule has 1 atom stereocenters. The molecule has 1 rings (SSSR count). The molecule has 106 valence electrons. The minimum atomic E-state index is -3.72. The van der Waals surface area contributed by atoms with Crippen molar-refractivity contribution < 1.29 is 18.3 Å². The van der Waals surface area contributed by atoms with Gasteiger partial charge in [-0.05, 0) is 38.0 Å². The summed E-state index contributed by atoms with van der Waals surface area (Å²) >= 11 is 3.19. The van der Waals surface area contributed by atoms with Crippen molar-refractivity contribution in [2.75, 3.05) is 0 Å². The summed E-state index contributed by atoms with van der Waals surface area (Å²) in [5.41, 5.74) is 0.419. The highest BCUT2D eigenvalue weighted by molar-refractivity contribution is 9.10. The van der Waals surface area contributed by atoms with Crippen LogP contribution in [0, 0.1) is 6.92 Å². The van der Waals surface area contributed by atoms with Gasteiger partial charge in [0.1, 0.15) is 0 Å². The van der Waals surface area contributed by atoms with Crippen LogP contribution in [-0.2, 0) is 10.0 Å². The molecule has 0 amide bonds. The van der Waals surface area contributed by atoms with Crippen LogP contribution >= 0.6 is 15.9 Å². The number of hydrogen-bond acceptors (Lipinski definition) is 3. The lowest BCUT2D eigenvalue weighted by Gasteiger charge is -2.15. The minimum absolute atomic E-state index is 0.0143. The number of nitrogens with one attached hydrogen (secondary N) is 1. The summed E-state index contributed by atoms with van der Waals surface area (Å²) in [7, 11) is -3.72. The quantitative estimate of drug-likeness (QED) is 0.855. The van der Waals surface area contributed by atoms with Crippen molar-refractivity contribution in [1.82, 2.24) is 4.72 Å². The Labute approximate surface area is 121 Å². The van der Waals surface area contributed by atoms with Gasteiger partial charge >= 0.3 is 5.97 Å². The smallest absolute Gasteiger partial charge is 0.335 e. The first-order valence-electron chi connectivity index (χ1n) is 5.74. The maximum Gasteiger partial charge on any atom is 0.335 e. The standard InChI is InChI=1S/C12H16BrNO4S/c1-4-7(2)14-19(17,18)11-6-9(12(15)16)5-10(13)8(11)3/h5-7,14H,4H2,1-3H3,(H,15,16). The summed E-state index contributed by atoms with van der Waals surface area (Å²) < 4.78 is 27.4. The molecule has 0 heterocycles. The van der Waals surface area contributed by atoms with Gasteiger partial charge < -0.3 is 5.11 Å². The zero-order valence-corrected chi connectivity index (χ0v) is 13.3. The lowest BCUT2D eigenvalue weighted by Crippen LogP contribution is -2.32. The van der Waals surface area contributed by atoms with Gasteiger partial charge in [0.2, 0.25) is 10.0 Å². The Morgan fingerprint density at radius 2 is 2.05 bits per heavy atom. The number of carboxylic acids is 1. The minimum Gasteiger partial charge on any atom is -0.478 e. The number of carboxylic acid groups (broad SMARTS) is 1. The first-order chi connectivity index (χ1) is 8.69. The average Bonchev–Trinajstić information content (AvgIpc) is 2.31. The van der Waals surface area contributed by atoms with Crippen LogP contribution in [0.3, 0.4) is 0 Å². The van der Waals surface area contributed by atoms with Gasteiger partial charge in [-0.25, -0.2) is 17.9 Å². The van der Waals surface area contributed by atoms with Crippen molar-refractivity contribution >= 4 is 31.9 Å². The molecule has 2 N–H and O–H groups in total. The van der Waals surface area contributed by atoms with Crippen LogP contribution in [0.4, 0.5) is 0 Å². The monoisotopic (exact) mass is 349 g/mol. The molecule has 7 heteroatoms. The largest absolute Gasteiger partial charge is 0.478 e. The summed E-state index contributed by atoms with van der Waals surface area (Å²) in [5, 5.41) is 8.98. The number of aromatic carboxylic acids is 1. The maximum absolute atomic E-state index is 12.2. The zero-order chi connectivity index (χ0) is 14.8. The van der Waals surface area contributed by atoms with Gasteiger partial charge in [0, 0.05) is 10.5 Å². The van der Waals surface area contributed by atoms with Crippen molar-refractivity contribution in [2.45, 2.75) is 38.1 Å². The fraction of sp³-hybridized carbons (Fsp3) is 0.417. The summed E-state index contributed by atoms with van der Waals surface area (Å²) in [4.78, 5) is 11.0. The lowest BCUT2D eigenvalue weighted by molar-refractivity contribution is 0.0696. The van der Waals surface area contributed by atoms with Gasteiger partial charge in [0.15, 0.2) is 0 Å². The summed E-state index contributed by atoms with van der Waals surface area (Å²) in [6, 6.07) is 2.35. The Morgan fingerprint density at radius 3 is 2.53 bits per heavy atom. The van der Waals surface area contributed by atoms with Gasteiger partial charge in [0.25, 0.3) is 0 Å². The third-order valence-corrected chi connectivity index (χ3v) is 5.34. The van der Waals surface area contributed by atoms with E-state index in [0.29, 0.717) is 16.5 Å². The SMILES string of the molecule is CCC(C)NS(=O)(=O)c1cc(C(=O)O)cc(Br)c1C. The average molecular weight is 350 g/mol. The van der Waals surface area contributed by atoms with E-state index < -0.39 is 16.0 Å². The molecule has 1 aromatic rings. The number of halogens is 1. The second-order valence-electron chi connectivity index (χ2n) is 4.32. The maximum atomic E-state index is 12.2. The molecule has 1 unspecified atom stereocenters. The normalized spacial score (nSPS) is 13.3. The molecule has 0 aliphatic heterocycles. The van der Waals surface area contributed by atoms with Crippen molar-refractivity contribution in [3.63, 3.8) is 0 Å². The molecule has 0 fully saturated rings. The van der Waals surface area contributed by atoms with Crippen LogP contribution in [0.15, 0.2) is 21.5 Å². The van der Waals surface area contributed by atoms with E-state index in [-0.39, 0.29) is 16.5 Å². The van der Waals surface area contributed by atoms with E-state index in [1.165, 1.54) is 12.1 Å². The van der Waals surface area contributed by atoms with E-state index in [4.69, 9.17) is 5.11 Å². The lowest BCUT2D eigenvalue weighted by atomic mass is 10.1. The fourth-order valence-electron chi connectivity index (χ4n) is 1.47. The first-order valence-corrected chi connectivity index (χ1v) is 8.02. The fourth-order valence-corrected chi connectivity index (χ4v) is 3.68. The van der Waals surface area contributed by atoms with Crippen molar-refractivity contribution in [1.29, 1.82) is 0 Å². The van der Waals surface area contributed by atoms with E-state index in [9.17, 15) is 13.2 Å². The molecule has 0 saturated heterocycles. The molecule has 0 bridgehead atoms. The highest BCUT2D eigenvalue weighted by atomic mass is 79.9. The number of carbonyl (C=O) groups is 1. The predicted octanol–water partition coefficient (Wildman–Crippen LogP) is 2.53. The highest BCUT2D eigenvalue weighted by Crippen LogP contribution is 2.26. The second-order valence-corrected chi connectivity index (χ2v) is 6.85. The number of sulfonamides is 1. The third-order valence-electron chi connectivity index (χ3n) is 2.80. The van der Waals surface area contributed by atoms with Gasteiger partial charge in [-0.15, -0.1) is 0 Å². The summed E-state index contributed by atoms with van der Waals surface area (Å²) in [5.74, 6) is -1.17. The molecule has 0 spiro atoms. The molecule has 0 aromatic heterocycles. The molecular formula is C12H16BrNO4S. The van der Waals surface area contributed by atoms with E-state index in [1.807, 2.05) is 6.92 Å². The van der Waals surface area contributed by atoms with Crippen molar-refractivity contribution in [3.05, 3.63) is 27.7 Å². The molecule has 0 saturated carbocycles. The Kier molecular flexibility index (Phi) is 5.11. The second kappa shape index (κ2) is 6.02. The molecular weight excluding hydrogens is 334 g/mol. The zero-order valence-electron chi connectivity index (χ0n) is 10.9. The van der Waals surface area contributed by atoms with Crippen LogP contribution in [0.5, 0.6) is 0 Å². The van der Waals surface area contributed by atoms with Crippen LogP contribution in [-0.4, -0.2) is 25.5 Å².